The summed E-state index contributed by atoms with van der Waals surface area (Å²) in [6.45, 7) is 8.38. The Morgan fingerprint density at radius 2 is 1.94 bits per heavy atom. The van der Waals surface area contributed by atoms with Gasteiger partial charge in [-0.1, -0.05) is 26.0 Å². The molecule has 0 saturated carbocycles. The van der Waals surface area contributed by atoms with E-state index in [4.69, 9.17) is 0 Å². The van der Waals surface area contributed by atoms with Crippen LogP contribution in [0.3, 0.4) is 0 Å². The molecule has 1 heterocycles. The molecular weight excluding hydrogens is 222 g/mol. The smallest absolute Gasteiger partial charge is 0.161 e. The number of ketones is 1. The van der Waals surface area contributed by atoms with Gasteiger partial charge in [0.05, 0.1) is 0 Å². The van der Waals surface area contributed by atoms with E-state index < -0.39 is 0 Å². The number of para-hydroxylation sites is 1. The van der Waals surface area contributed by atoms with Crippen LogP contribution in [-0.4, -0.2) is 18.9 Å². The fraction of sp³-hybridized carbons (Fsp3) is 0.562. The lowest BCUT2D eigenvalue weighted by Gasteiger charge is -2.28. The number of Topliss-reactive ketones (excluding diaryl/α,β-unsaturated/α-hetero) is 1. The number of hydrogen-bond acceptors (Lipinski definition) is 2. The van der Waals surface area contributed by atoms with Crippen molar-refractivity contribution in [3.8, 4) is 0 Å². The monoisotopic (exact) mass is 245 g/mol. The summed E-state index contributed by atoms with van der Waals surface area (Å²) < 4.78 is 0. The van der Waals surface area contributed by atoms with Crippen LogP contribution in [0.4, 0.5) is 5.69 Å². The van der Waals surface area contributed by atoms with Crippen LogP contribution in [0.2, 0.25) is 0 Å². The van der Waals surface area contributed by atoms with Gasteiger partial charge in [0.2, 0.25) is 0 Å². The number of rotatable bonds is 4. The van der Waals surface area contributed by atoms with Crippen molar-refractivity contribution in [3.63, 3.8) is 0 Å². The molecule has 1 aromatic rings. The topological polar surface area (TPSA) is 20.3 Å². The Bertz CT molecular complexity index is 434. The molecule has 0 spiro atoms. The summed E-state index contributed by atoms with van der Waals surface area (Å²) in [7, 11) is 0. The second-order valence-corrected chi connectivity index (χ2v) is 5.45. The summed E-state index contributed by atoms with van der Waals surface area (Å²) in [5.41, 5.74) is 2.43. The highest BCUT2D eigenvalue weighted by atomic mass is 16.1. The molecule has 1 aliphatic rings. The van der Waals surface area contributed by atoms with Crippen molar-refractivity contribution in [1.29, 1.82) is 0 Å². The third-order valence-electron chi connectivity index (χ3n) is 4.56. The number of nitrogens with zero attached hydrogens (tertiary/aromatic N) is 1. The van der Waals surface area contributed by atoms with Gasteiger partial charge in [0, 0.05) is 24.3 Å². The minimum absolute atomic E-state index is 0.163. The van der Waals surface area contributed by atoms with Gasteiger partial charge in [-0.2, -0.15) is 0 Å². The van der Waals surface area contributed by atoms with Crippen molar-refractivity contribution >= 4 is 11.5 Å². The lowest BCUT2D eigenvalue weighted by molar-refractivity contribution is 0.101. The molecule has 2 rings (SSSR count). The average molecular weight is 245 g/mol. The maximum Gasteiger partial charge on any atom is 0.161 e. The Morgan fingerprint density at radius 3 is 2.50 bits per heavy atom. The van der Waals surface area contributed by atoms with E-state index in [-0.39, 0.29) is 5.78 Å². The van der Waals surface area contributed by atoms with Gasteiger partial charge < -0.3 is 4.90 Å². The normalized spacial score (nSPS) is 18.1. The molecule has 0 N–H and O–H groups in total. The van der Waals surface area contributed by atoms with E-state index in [1.165, 1.54) is 19.3 Å². The summed E-state index contributed by atoms with van der Waals surface area (Å²) in [6.07, 6.45) is 3.69. The van der Waals surface area contributed by atoms with Crippen molar-refractivity contribution in [3.05, 3.63) is 29.8 Å². The Labute approximate surface area is 110 Å². The Kier molecular flexibility index (Phi) is 3.74. The van der Waals surface area contributed by atoms with Crippen molar-refractivity contribution in [2.24, 2.45) is 5.41 Å². The van der Waals surface area contributed by atoms with Crippen LogP contribution in [0.1, 0.15) is 50.4 Å². The molecule has 1 aromatic carbocycles. The minimum atomic E-state index is 0.163. The molecule has 18 heavy (non-hydrogen) atoms. The molecule has 0 atom stereocenters. The van der Waals surface area contributed by atoms with Gasteiger partial charge in [0.15, 0.2) is 5.78 Å². The number of hydrogen-bond donors (Lipinski definition) is 0. The Balaban J connectivity index is 2.27. The molecule has 0 aliphatic carbocycles. The van der Waals surface area contributed by atoms with Crippen LogP contribution in [0, 0.1) is 5.41 Å². The first-order valence-corrected chi connectivity index (χ1v) is 6.97. The fourth-order valence-electron chi connectivity index (χ4n) is 3.02. The molecule has 1 saturated heterocycles. The van der Waals surface area contributed by atoms with Crippen molar-refractivity contribution in [1.82, 2.24) is 0 Å². The third kappa shape index (κ3) is 2.29. The first-order chi connectivity index (χ1) is 8.62. The van der Waals surface area contributed by atoms with E-state index in [0.29, 0.717) is 5.41 Å². The molecule has 2 heteroatoms. The van der Waals surface area contributed by atoms with E-state index in [0.717, 1.165) is 24.3 Å². The van der Waals surface area contributed by atoms with Crippen molar-refractivity contribution in [2.75, 3.05) is 18.0 Å². The number of carbonyl (C=O) groups excluding carboxylic acids is 1. The van der Waals surface area contributed by atoms with Crippen LogP contribution < -0.4 is 4.90 Å². The minimum Gasteiger partial charge on any atom is -0.370 e. The molecule has 0 amide bonds. The predicted octanol–water partition coefficient (Wildman–Crippen LogP) is 3.91. The number of carbonyl (C=O) groups is 1. The highest BCUT2D eigenvalue weighted by molar-refractivity contribution is 5.99. The second kappa shape index (κ2) is 5.13. The van der Waals surface area contributed by atoms with E-state index in [9.17, 15) is 4.79 Å². The van der Waals surface area contributed by atoms with Gasteiger partial charge in [-0.05, 0) is 43.7 Å². The zero-order chi connectivity index (χ0) is 13.2. The first-order valence-electron chi connectivity index (χ1n) is 6.97. The summed E-state index contributed by atoms with van der Waals surface area (Å²) in [5.74, 6) is 0.163. The first kappa shape index (κ1) is 13.1. The van der Waals surface area contributed by atoms with Crippen molar-refractivity contribution < 1.29 is 4.79 Å². The maximum absolute atomic E-state index is 11.7. The van der Waals surface area contributed by atoms with E-state index in [1.54, 1.807) is 6.92 Å². The molecule has 0 bridgehead atoms. The molecule has 2 nitrogen and oxygen atoms in total. The SMILES string of the molecule is CCC1(CC)CCN(c2ccccc2C(C)=O)C1. The van der Waals surface area contributed by atoms with Crippen LogP contribution in [0.15, 0.2) is 24.3 Å². The van der Waals surface area contributed by atoms with Crippen LogP contribution in [0.5, 0.6) is 0 Å². The largest absolute Gasteiger partial charge is 0.370 e. The van der Waals surface area contributed by atoms with Gasteiger partial charge in [-0.25, -0.2) is 0 Å². The number of anilines is 1. The van der Waals surface area contributed by atoms with Crippen LogP contribution in [-0.2, 0) is 0 Å². The average Bonchev–Trinajstić information content (AvgIpc) is 2.83. The lowest BCUT2D eigenvalue weighted by atomic mass is 9.82. The van der Waals surface area contributed by atoms with Gasteiger partial charge in [-0.15, -0.1) is 0 Å². The second-order valence-electron chi connectivity index (χ2n) is 5.45. The fourth-order valence-corrected chi connectivity index (χ4v) is 3.02. The van der Waals surface area contributed by atoms with Gasteiger partial charge in [0.1, 0.15) is 0 Å². The van der Waals surface area contributed by atoms with Crippen LogP contribution in [0.25, 0.3) is 0 Å². The standard InChI is InChI=1S/C16H23NO/c1-4-16(5-2)10-11-17(12-16)15-9-7-6-8-14(15)13(3)18/h6-9H,4-5,10-12H2,1-3H3. The number of benzene rings is 1. The maximum atomic E-state index is 11.7. The predicted molar refractivity (Wildman–Crippen MR) is 76.3 cm³/mol. The van der Waals surface area contributed by atoms with Crippen molar-refractivity contribution in [2.45, 2.75) is 40.0 Å². The summed E-state index contributed by atoms with van der Waals surface area (Å²) in [5, 5.41) is 0. The van der Waals surface area contributed by atoms with E-state index >= 15 is 0 Å². The third-order valence-corrected chi connectivity index (χ3v) is 4.56. The molecule has 0 unspecified atom stereocenters. The van der Waals surface area contributed by atoms with E-state index in [1.807, 2.05) is 18.2 Å². The van der Waals surface area contributed by atoms with Gasteiger partial charge in [0.25, 0.3) is 0 Å². The van der Waals surface area contributed by atoms with Gasteiger partial charge in [-0.3, -0.25) is 4.79 Å². The van der Waals surface area contributed by atoms with Gasteiger partial charge >= 0.3 is 0 Å². The van der Waals surface area contributed by atoms with Crippen LogP contribution >= 0.6 is 0 Å². The molecular formula is C16H23NO. The summed E-state index contributed by atoms with van der Waals surface area (Å²) in [4.78, 5) is 14.1. The highest BCUT2D eigenvalue weighted by Crippen LogP contribution is 2.39. The highest BCUT2D eigenvalue weighted by Gasteiger charge is 2.35. The zero-order valence-corrected chi connectivity index (χ0v) is 11.7. The quantitative estimate of drug-likeness (QED) is 0.750. The van der Waals surface area contributed by atoms with E-state index in [2.05, 4.69) is 24.8 Å². The molecule has 0 aromatic heterocycles. The Morgan fingerprint density at radius 1 is 1.28 bits per heavy atom. The molecule has 1 aliphatic heterocycles. The molecule has 1 fully saturated rings. The summed E-state index contributed by atoms with van der Waals surface area (Å²) >= 11 is 0. The lowest BCUT2D eigenvalue weighted by Crippen LogP contribution is -2.27. The molecule has 0 radical (unpaired) electrons. The summed E-state index contributed by atoms with van der Waals surface area (Å²) in [6, 6.07) is 8.00. The molecule has 98 valence electrons. The zero-order valence-electron chi connectivity index (χ0n) is 11.7. The Hall–Kier alpha value is -1.31.